The fourth-order valence-corrected chi connectivity index (χ4v) is 1.78. The molecule has 0 atom stereocenters. The van der Waals surface area contributed by atoms with Crippen LogP contribution in [0.3, 0.4) is 0 Å². The van der Waals surface area contributed by atoms with Crippen molar-refractivity contribution in [3.8, 4) is 0 Å². The summed E-state index contributed by atoms with van der Waals surface area (Å²) < 4.78 is 2.08. The number of aromatic nitrogens is 4. The third kappa shape index (κ3) is 2.61. The molecule has 0 spiro atoms. The van der Waals surface area contributed by atoms with Crippen molar-refractivity contribution in [1.82, 2.24) is 19.5 Å². The van der Waals surface area contributed by atoms with Crippen LogP contribution in [-0.2, 0) is 13.0 Å². The lowest BCUT2D eigenvalue weighted by molar-refractivity contribution is 0.694. The van der Waals surface area contributed by atoms with Crippen LogP contribution in [0.1, 0.15) is 24.3 Å². The summed E-state index contributed by atoms with van der Waals surface area (Å²) in [5, 5.41) is 3.04. The predicted octanol–water partition coefficient (Wildman–Crippen LogP) is 1.63. The van der Waals surface area contributed by atoms with Gasteiger partial charge in [-0.3, -0.25) is 0 Å². The van der Waals surface area contributed by atoms with Crippen molar-refractivity contribution in [2.24, 2.45) is 0 Å². The summed E-state index contributed by atoms with van der Waals surface area (Å²) in [6, 6.07) is 1.93. The molecule has 0 aliphatic carbocycles. The Morgan fingerprint density at radius 2 is 2.18 bits per heavy atom. The smallest absolute Gasteiger partial charge is 0.150 e. The van der Waals surface area contributed by atoms with Gasteiger partial charge >= 0.3 is 0 Å². The molecule has 1 N–H and O–H groups in total. The molecule has 0 fully saturated rings. The molecule has 0 saturated heterocycles. The highest BCUT2D eigenvalue weighted by atomic mass is 15.1. The van der Waals surface area contributed by atoms with E-state index in [1.54, 1.807) is 0 Å². The maximum atomic E-state index is 4.43. The van der Waals surface area contributed by atoms with Crippen molar-refractivity contribution in [2.75, 3.05) is 12.4 Å². The molecule has 0 aliphatic rings. The molecule has 0 aliphatic heterocycles. The monoisotopic (exact) mass is 231 g/mol. The average molecular weight is 231 g/mol. The molecule has 5 heteroatoms. The van der Waals surface area contributed by atoms with Crippen molar-refractivity contribution >= 4 is 5.82 Å². The van der Waals surface area contributed by atoms with Crippen molar-refractivity contribution < 1.29 is 0 Å². The number of nitrogens with one attached hydrogen (secondary N) is 1. The third-order valence-electron chi connectivity index (χ3n) is 2.59. The highest BCUT2D eigenvalue weighted by Gasteiger charge is 2.05. The SMILES string of the molecule is CCc1nccn1Cc1nc(C)cc(NC)n1. The number of hydrogen-bond donors (Lipinski definition) is 1. The average Bonchev–Trinajstić information content (AvgIpc) is 2.75. The van der Waals surface area contributed by atoms with E-state index in [4.69, 9.17) is 0 Å². The van der Waals surface area contributed by atoms with Gasteiger partial charge < -0.3 is 9.88 Å². The number of aryl methyl sites for hydroxylation is 2. The quantitative estimate of drug-likeness (QED) is 0.869. The van der Waals surface area contributed by atoms with Gasteiger partial charge in [0.1, 0.15) is 11.6 Å². The molecule has 90 valence electrons. The van der Waals surface area contributed by atoms with Crippen LogP contribution in [0.2, 0.25) is 0 Å². The minimum atomic E-state index is 0.666. The van der Waals surface area contributed by atoms with Crippen LogP contribution in [0.5, 0.6) is 0 Å². The van der Waals surface area contributed by atoms with Gasteiger partial charge in [-0.1, -0.05) is 6.92 Å². The van der Waals surface area contributed by atoms with Crippen LogP contribution >= 0.6 is 0 Å². The maximum absolute atomic E-state index is 4.43. The lowest BCUT2D eigenvalue weighted by atomic mass is 10.4. The van der Waals surface area contributed by atoms with E-state index in [9.17, 15) is 0 Å². The van der Waals surface area contributed by atoms with Gasteiger partial charge in [0.15, 0.2) is 5.82 Å². The van der Waals surface area contributed by atoms with Crippen LogP contribution in [0.15, 0.2) is 18.5 Å². The lowest BCUT2D eigenvalue weighted by Crippen LogP contribution is -2.09. The first-order valence-corrected chi connectivity index (χ1v) is 5.75. The molecule has 0 saturated carbocycles. The lowest BCUT2D eigenvalue weighted by Gasteiger charge is -2.08. The molecule has 5 nitrogen and oxygen atoms in total. The molecule has 2 aromatic heterocycles. The summed E-state index contributed by atoms with van der Waals surface area (Å²) in [4.78, 5) is 13.2. The molecular weight excluding hydrogens is 214 g/mol. The van der Waals surface area contributed by atoms with E-state index in [0.29, 0.717) is 6.54 Å². The Morgan fingerprint density at radius 3 is 2.88 bits per heavy atom. The van der Waals surface area contributed by atoms with Crippen LogP contribution < -0.4 is 5.32 Å². The van der Waals surface area contributed by atoms with Gasteiger partial charge in [-0.25, -0.2) is 15.0 Å². The zero-order valence-corrected chi connectivity index (χ0v) is 10.4. The largest absolute Gasteiger partial charge is 0.373 e. The summed E-state index contributed by atoms with van der Waals surface area (Å²) in [6.45, 7) is 4.73. The van der Waals surface area contributed by atoms with E-state index in [2.05, 4.69) is 31.8 Å². The van der Waals surface area contributed by atoms with Crippen molar-refractivity contribution in [2.45, 2.75) is 26.8 Å². The number of imidazole rings is 1. The molecule has 0 radical (unpaired) electrons. The topological polar surface area (TPSA) is 55.6 Å². The van der Waals surface area contributed by atoms with E-state index < -0.39 is 0 Å². The highest BCUT2D eigenvalue weighted by Crippen LogP contribution is 2.08. The zero-order valence-electron chi connectivity index (χ0n) is 10.4. The Morgan fingerprint density at radius 1 is 1.35 bits per heavy atom. The number of nitrogens with zero attached hydrogens (tertiary/aromatic N) is 4. The number of rotatable bonds is 4. The Bertz CT molecular complexity index is 503. The molecule has 0 aromatic carbocycles. The Kier molecular flexibility index (Phi) is 3.37. The van der Waals surface area contributed by atoms with Crippen LogP contribution in [-0.4, -0.2) is 26.6 Å². The van der Waals surface area contributed by atoms with Gasteiger partial charge in [-0.05, 0) is 6.92 Å². The predicted molar refractivity (Wildman–Crippen MR) is 67.0 cm³/mol. The maximum Gasteiger partial charge on any atom is 0.150 e. The fraction of sp³-hybridized carbons (Fsp3) is 0.417. The molecule has 0 bridgehead atoms. The highest BCUT2D eigenvalue weighted by molar-refractivity contribution is 5.34. The van der Waals surface area contributed by atoms with E-state index in [1.807, 2.05) is 32.4 Å². The summed E-state index contributed by atoms with van der Waals surface area (Å²) in [6.07, 6.45) is 4.69. The van der Waals surface area contributed by atoms with Gasteiger partial charge in [0, 0.05) is 37.6 Å². The minimum Gasteiger partial charge on any atom is -0.373 e. The van der Waals surface area contributed by atoms with E-state index in [0.717, 1.165) is 29.6 Å². The molecule has 17 heavy (non-hydrogen) atoms. The Balaban J connectivity index is 2.26. The molecule has 2 heterocycles. The first kappa shape index (κ1) is 11.6. The Labute approximate surface area is 101 Å². The second-order valence-corrected chi connectivity index (χ2v) is 3.89. The second-order valence-electron chi connectivity index (χ2n) is 3.89. The van der Waals surface area contributed by atoms with Crippen LogP contribution in [0.4, 0.5) is 5.82 Å². The van der Waals surface area contributed by atoms with Crippen molar-refractivity contribution in [1.29, 1.82) is 0 Å². The summed E-state index contributed by atoms with van der Waals surface area (Å²) in [7, 11) is 1.86. The standard InChI is InChI=1S/C12H17N5/c1-4-12-14-5-6-17(12)8-11-15-9(2)7-10(13-3)16-11/h5-7H,4,8H2,1-3H3,(H,13,15,16). The van der Waals surface area contributed by atoms with E-state index in [-0.39, 0.29) is 0 Å². The normalized spacial score (nSPS) is 10.5. The summed E-state index contributed by atoms with van der Waals surface area (Å²) in [5.74, 6) is 2.72. The zero-order chi connectivity index (χ0) is 12.3. The molecular formula is C12H17N5. The van der Waals surface area contributed by atoms with Gasteiger partial charge in [0.05, 0.1) is 6.54 Å². The van der Waals surface area contributed by atoms with Crippen molar-refractivity contribution in [3.63, 3.8) is 0 Å². The van der Waals surface area contributed by atoms with Gasteiger partial charge in [0.2, 0.25) is 0 Å². The molecule has 2 aromatic rings. The van der Waals surface area contributed by atoms with Crippen LogP contribution in [0.25, 0.3) is 0 Å². The second kappa shape index (κ2) is 4.95. The molecule has 2 rings (SSSR count). The van der Waals surface area contributed by atoms with Crippen molar-refractivity contribution in [3.05, 3.63) is 35.8 Å². The fourth-order valence-electron chi connectivity index (χ4n) is 1.78. The third-order valence-corrected chi connectivity index (χ3v) is 2.59. The minimum absolute atomic E-state index is 0.666. The van der Waals surface area contributed by atoms with E-state index >= 15 is 0 Å². The first-order chi connectivity index (χ1) is 8.22. The molecule has 0 unspecified atom stereocenters. The summed E-state index contributed by atoms with van der Waals surface area (Å²) >= 11 is 0. The van der Waals surface area contributed by atoms with Gasteiger partial charge in [-0.2, -0.15) is 0 Å². The number of hydrogen-bond acceptors (Lipinski definition) is 4. The number of anilines is 1. The van der Waals surface area contributed by atoms with Gasteiger partial charge in [0.25, 0.3) is 0 Å². The van der Waals surface area contributed by atoms with E-state index in [1.165, 1.54) is 0 Å². The van der Waals surface area contributed by atoms with Gasteiger partial charge in [-0.15, -0.1) is 0 Å². The molecule has 0 amide bonds. The first-order valence-electron chi connectivity index (χ1n) is 5.75. The van der Waals surface area contributed by atoms with Crippen LogP contribution in [0, 0.1) is 6.92 Å². The summed E-state index contributed by atoms with van der Waals surface area (Å²) in [5.41, 5.74) is 0.970. The Hall–Kier alpha value is -1.91.